The van der Waals surface area contributed by atoms with Crippen molar-refractivity contribution in [2.24, 2.45) is 0 Å². The first-order chi connectivity index (χ1) is 45.0. The normalized spacial score (nSPS) is 11.8. The summed E-state index contributed by atoms with van der Waals surface area (Å²) in [6, 6.07) is 22.7. The molecule has 9 N–H and O–H groups in total. The zero-order valence-electron chi connectivity index (χ0n) is 54.5. The first-order valence-electron chi connectivity index (χ1n) is 33.6. The Hall–Kier alpha value is -7.79. The number of aliphatic carboxylic acids is 4. The van der Waals surface area contributed by atoms with Crippen LogP contribution in [-0.4, -0.2) is 162 Å². The van der Waals surface area contributed by atoms with E-state index in [4.69, 9.17) is 9.47 Å². The van der Waals surface area contributed by atoms with Gasteiger partial charge in [-0.25, -0.2) is 0 Å². The molecule has 0 aliphatic carbocycles. The van der Waals surface area contributed by atoms with Crippen LogP contribution in [0.15, 0.2) is 72.8 Å². The predicted octanol–water partition coefficient (Wildman–Crippen LogP) is 9.71. The minimum absolute atomic E-state index is 0.0444. The maximum atomic E-state index is 13.5. The molecule has 1 atom stereocenters. The van der Waals surface area contributed by atoms with Gasteiger partial charge in [0.2, 0.25) is 23.6 Å². The monoisotopic (exact) mass is 1290 g/mol. The third kappa shape index (κ3) is 30.7. The molecule has 22 nitrogen and oxygen atoms in total. The van der Waals surface area contributed by atoms with Crippen molar-refractivity contribution >= 4 is 85.7 Å². The van der Waals surface area contributed by atoms with E-state index in [1.165, 1.54) is 108 Å². The highest BCUT2D eigenvalue weighted by Gasteiger charge is 2.23. The van der Waals surface area contributed by atoms with Crippen LogP contribution in [0.2, 0.25) is 0 Å². The summed E-state index contributed by atoms with van der Waals surface area (Å²) in [5, 5.41) is 59.1. The van der Waals surface area contributed by atoms with Crippen LogP contribution in [0.3, 0.4) is 0 Å². The van der Waals surface area contributed by atoms with Crippen LogP contribution in [0, 0.1) is 0 Å². The van der Waals surface area contributed by atoms with E-state index in [-0.39, 0.29) is 88.9 Å². The molecule has 0 spiro atoms. The summed E-state index contributed by atoms with van der Waals surface area (Å²) >= 11 is 0. The average molecular weight is 1290 g/mol. The zero-order chi connectivity index (χ0) is 67.0. The van der Waals surface area contributed by atoms with Gasteiger partial charge in [-0.1, -0.05) is 183 Å². The van der Waals surface area contributed by atoms with Gasteiger partial charge in [-0.2, -0.15) is 0 Å². The molecule has 93 heavy (non-hydrogen) atoms. The van der Waals surface area contributed by atoms with E-state index < -0.39 is 67.9 Å². The second-order valence-corrected chi connectivity index (χ2v) is 24.3. The van der Waals surface area contributed by atoms with Crippen molar-refractivity contribution in [3.63, 3.8) is 0 Å². The molecule has 0 radical (unpaired) electrons. The fourth-order valence-corrected chi connectivity index (χ4v) is 11.7. The molecule has 0 aliphatic heterocycles. The van der Waals surface area contributed by atoms with Crippen molar-refractivity contribution in [1.82, 2.24) is 36.4 Å². The summed E-state index contributed by atoms with van der Waals surface area (Å²) in [5.74, 6) is -6.57. The molecule has 5 aromatic rings. The standard InChI is InChI=1S/C71H101N7O15/c1-2-3-4-5-6-7-8-9-10-11-14-18-21-27-62(80)75-45-60(76-63(81)28-22-19-16-13-12-15-17-20-26-61(79)74-44-57-32-31-56-30-29-54-24-23-25-55-33-34-59(57)69(56)68(54)55)71(91)73-36-38-93-40-39-92-37-35-72-70(90)58-42-52(46-77(48-64(82)83)49-65(84)85)41-53(43-58)47-78(50-66(86)87)51-67(88)89/h23-25,29-34,41-43,60H,2-22,26-28,35-40,44-51H2,1H3,(H,72,90)(H,73,91)(H,74,79)(H,75,80)(H,76,81)(H,82,83)(H,84,85)(H,86,87)(H,88,89). The Morgan fingerprint density at radius 1 is 0.441 bits per heavy atom. The molecule has 0 aliphatic rings. The van der Waals surface area contributed by atoms with Gasteiger partial charge in [-0.15, -0.1) is 0 Å². The highest BCUT2D eigenvalue weighted by molar-refractivity contribution is 6.23. The van der Waals surface area contributed by atoms with Crippen molar-refractivity contribution in [3.8, 4) is 0 Å². The van der Waals surface area contributed by atoms with Gasteiger partial charge in [0.25, 0.3) is 5.91 Å². The minimum atomic E-state index is -1.28. The van der Waals surface area contributed by atoms with Crippen LogP contribution < -0.4 is 26.6 Å². The summed E-state index contributed by atoms with van der Waals surface area (Å²) < 4.78 is 11.3. The smallest absolute Gasteiger partial charge is 0.317 e. The number of hydrogen-bond acceptors (Lipinski definition) is 13. The lowest BCUT2D eigenvalue weighted by Crippen LogP contribution is -2.53. The molecule has 1 unspecified atom stereocenters. The molecule has 0 saturated carbocycles. The predicted molar refractivity (Wildman–Crippen MR) is 358 cm³/mol. The third-order valence-electron chi connectivity index (χ3n) is 16.3. The molecule has 0 aromatic heterocycles. The molecule has 5 aromatic carbocycles. The van der Waals surface area contributed by atoms with Gasteiger partial charge in [-0.3, -0.25) is 53.0 Å². The van der Waals surface area contributed by atoms with Gasteiger partial charge in [0.1, 0.15) is 6.04 Å². The van der Waals surface area contributed by atoms with E-state index >= 15 is 0 Å². The van der Waals surface area contributed by atoms with E-state index in [2.05, 4.69) is 88.1 Å². The molecular formula is C71H101N7O15. The molecule has 0 fully saturated rings. The van der Waals surface area contributed by atoms with Crippen LogP contribution in [0.25, 0.3) is 32.3 Å². The molecule has 5 amide bonds. The van der Waals surface area contributed by atoms with Gasteiger partial charge in [0, 0.05) is 64.1 Å². The summed E-state index contributed by atoms with van der Waals surface area (Å²) in [4.78, 5) is 114. The second kappa shape index (κ2) is 43.9. The summed E-state index contributed by atoms with van der Waals surface area (Å²) in [7, 11) is 0. The van der Waals surface area contributed by atoms with Gasteiger partial charge in [-0.05, 0) is 80.4 Å². The first kappa shape index (κ1) is 75.9. The Kier molecular flexibility index (Phi) is 35.9. The van der Waals surface area contributed by atoms with Crippen LogP contribution in [0.1, 0.15) is 188 Å². The van der Waals surface area contributed by atoms with E-state index in [1.54, 1.807) is 0 Å². The Morgan fingerprint density at radius 2 is 0.860 bits per heavy atom. The Labute approximate surface area is 547 Å². The maximum absolute atomic E-state index is 13.5. The number of carboxylic acid groups (broad SMARTS) is 4. The number of unbranched alkanes of at least 4 members (excludes halogenated alkanes) is 19. The van der Waals surface area contributed by atoms with Crippen molar-refractivity contribution in [3.05, 3.63) is 95.1 Å². The Morgan fingerprint density at radius 3 is 1.34 bits per heavy atom. The molecule has 22 heteroatoms. The number of amides is 5. The lowest BCUT2D eigenvalue weighted by atomic mass is 9.92. The maximum Gasteiger partial charge on any atom is 0.317 e. The van der Waals surface area contributed by atoms with Crippen molar-refractivity contribution in [2.45, 2.75) is 187 Å². The SMILES string of the molecule is CCCCCCCCCCCCCCCC(=O)NCC(NC(=O)CCCCCCCCCCC(=O)NCc1ccc2ccc3cccc4ccc1c2c34)C(=O)NCCOCCOCCNC(=O)c1cc(CN(CC(=O)O)CC(=O)O)cc(CN(CC(=O)O)CC(=O)O)c1. The molecule has 5 rings (SSSR count). The average Bonchev–Trinajstić information content (AvgIpc) is 0.749. The number of nitrogens with one attached hydrogen (secondary N) is 5. The molecule has 0 bridgehead atoms. The van der Waals surface area contributed by atoms with E-state index in [9.17, 15) is 63.6 Å². The van der Waals surface area contributed by atoms with Gasteiger partial charge >= 0.3 is 23.9 Å². The van der Waals surface area contributed by atoms with Gasteiger partial charge in [0.15, 0.2) is 0 Å². The fourth-order valence-electron chi connectivity index (χ4n) is 11.7. The van der Waals surface area contributed by atoms with E-state index in [0.29, 0.717) is 36.9 Å². The topological polar surface area (TPSA) is 320 Å². The lowest BCUT2D eigenvalue weighted by molar-refractivity contribution is -0.144. The number of carbonyl (C=O) groups excluding carboxylic acids is 5. The summed E-state index contributed by atoms with van der Waals surface area (Å²) in [6.45, 7) is 0.374. The minimum Gasteiger partial charge on any atom is -0.480 e. The molecule has 510 valence electrons. The number of ether oxygens (including phenoxy) is 2. The number of nitrogens with zero attached hydrogens (tertiary/aromatic N) is 2. The zero-order valence-corrected chi connectivity index (χ0v) is 54.5. The van der Waals surface area contributed by atoms with Crippen LogP contribution in [0.5, 0.6) is 0 Å². The number of benzene rings is 5. The summed E-state index contributed by atoms with van der Waals surface area (Å²) in [5.41, 5.74) is 1.86. The third-order valence-corrected chi connectivity index (χ3v) is 16.3. The number of carbonyl (C=O) groups is 9. The van der Waals surface area contributed by atoms with Gasteiger partial charge < -0.3 is 56.5 Å². The Bertz CT molecular complexity index is 3030. The van der Waals surface area contributed by atoms with Crippen LogP contribution >= 0.6 is 0 Å². The number of carboxylic acids is 4. The fraction of sp³-hybridized carbons (Fsp3) is 0.563. The number of rotatable bonds is 53. The van der Waals surface area contributed by atoms with Crippen molar-refractivity contribution in [1.29, 1.82) is 0 Å². The highest BCUT2D eigenvalue weighted by atomic mass is 16.5. The van der Waals surface area contributed by atoms with Crippen molar-refractivity contribution in [2.75, 3.05) is 72.2 Å². The Balaban J connectivity index is 0.980. The number of hydrogen-bond donors (Lipinski definition) is 9. The van der Waals surface area contributed by atoms with Crippen molar-refractivity contribution < 1.29 is 73.1 Å². The lowest BCUT2D eigenvalue weighted by Gasteiger charge is -2.21. The quantitative estimate of drug-likeness (QED) is 0.0129. The van der Waals surface area contributed by atoms with Crippen LogP contribution in [0.4, 0.5) is 0 Å². The van der Waals surface area contributed by atoms with Gasteiger partial charge in [0.05, 0.1) is 52.6 Å². The second-order valence-electron chi connectivity index (χ2n) is 24.3. The molecule has 0 heterocycles. The highest BCUT2D eigenvalue weighted by Crippen LogP contribution is 2.36. The van der Waals surface area contributed by atoms with E-state index in [1.807, 2.05) is 0 Å². The summed E-state index contributed by atoms with van der Waals surface area (Å²) in [6.07, 6.45) is 23.9. The largest absolute Gasteiger partial charge is 0.480 e. The van der Waals surface area contributed by atoms with E-state index in [0.717, 1.165) is 86.0 Å². The first-order valence-corrected chi connectivity index (χ1v) is 33.6. The van der Waals surface area contributed by atoms with Crippen LogP contribution in [-0.2, 0) is 67.5 Å². The molecular weight excluding hydrogens is 1190 g/mol. The molecule has 0 saturated heterocycles.